The molecule has 1 saturated heterocycles. The van der Waals surface area contributed by atoms with Gasteiger partial charge in [0.25, 0.3) is 5.69 Å². The average Bonchev–Trinajstić information content (AvgIpc) is 2.96. The summed E-state index contributed by atoms with van der Waals surface area (Å²) in [5.74, 6) is 5.56. The van der Waals surface area contributed by atoms with Crippen molar-refractivity contribution in [3.8, 4) is 0 Å². The first-order chi connectivity index (χ1) is 9.90. The first-order valence-corrected chi connectivity index (χ1v) is 8.09. The molecule has 0 amide bonds. The maximum absolute atomic E-state index is 12.6. The lowest BCUT2D eigenvalue weighted by Crippen LogP contribution is -2.29. The number of rotatable bonds is 5. The minimum Gasteiger partial charge on any atom is -0.324 e. The van der Waals surface area contributed by atoms with Crippen LogP contribution in [0.1, 0.15) is 19.8 Å². The van der Waals surface area contributed by atoms with Crippen LogP contribution in [-0.2, 0) is 10.0 Å². The van der Waals surface area contributed by atoms with E-state index in [4.69, 9.17) is 5.84 Å². The quantitative estimate of drug-likeness (QED) is 0.480. The van der Waals surface area contributed by atoms with Crippen molar-refractivity contribution in [2.75, 3.05) is 18.5 Å². The van der Waals surface area contributed by atoms with E-state index in [-0.39, 0.29) is 4.90 Å². The Kier molecular flexibility index (Phi) is 4.45. The second kappa shape index (κ2) is 5.96. The van der Waals surface area contributed by atoms with Gasteiger partial charge in [0.2, 0.25) is 10.0 Å². The number of nitro benzene ring substituents is 1. The Morgan fingerprint density at radius 3 is 2.76 bits per heavy atom. The Hall–Kier alpha value is -1.71. The highest BCUT2D eigenvalue weighted by atomic mass is 32.2. The summed E-state index contributed by atoms with van der Waals surface area (Å²) in [6, 6.07) is 3.72. The molecular formula is C12H18N4O4S. The van der Waals surface area contributed by atoms with E-state index in [1.54, 1.807) is 0 Å². The van der Waals surface area contributed by atoms with E-state index in [0.29, 0.717) is 24.7 Å². The lowest BCUT2D eigenvalue weighted by molar-refractivity contribution is -0.387. The van der Waals surface area contributed by atoms with Gasteiger partial charge in [-0.15, -0.1) is 0 Å². The SMILES string of the molecule is CCC1CCN(S(=O)(=O)c2cc(NN)ccc2[N+](=O)[O-])C1. The molecule has 0 saturated carbocycles. The topological polar surface area (TPSA) is 119 Å². The van der Waals surface area contributed by atoms with Crippen LogP contribution in [0, 0.1) is 16.0 Å². The molecule has 1 aromatic carbocycles. The van der Waals surface area contributed by atoms with E-state index < -0.39 is 20.6 Å². The van der Waals surface area contributed by atoms with Crippen molar-refractivity contribution in [2.45, 2.75) is 24.7 Å². The number of nitrogens with zero attached hydrogens (tertiary/aromatic N) is 2. The zero-order valence-electron chi connectivity index (χ0n) is 11.7. The summed E-state index contributed by atoms with van der Waals surface area (Å²) in [6.07, 6.45) is 1.66. The second-order valence-corrected chi connectivity index (χ2v) is 6.92. The third-order valence-corrected chi connectivity index (χ3v) is 5.66. The summed E-state index contributed by atoms with van der Waals surface area (Å²) in [6.45, 7) is 2.79. The van der Waals surface area contributed by atoms with Crippen molar-refractivity contribution in [3.05, 3.63) is 28.3 Å². The lowest BCUT2D eigenvalue weighted by atomic mass is 10.1. The number of benzene rings is 1. The average molecular weight is 314 g/mol. The minimum atomic E-state index is -3.89. The number of hydrogen-bond donors (Lipinski definition) is 2. The first kappa shape index (κ1) is 15.7. The fourth-order valence-corrected chi connectivity index (χ4v) is 4.16. The zero-order chi connectivity index (χ0) is 15.6. The zero-order valence-corrected chi connectivity index (χ0v) is 12.5. The Morgan fingerprint density at radius 2 is 2.24 bits per heavy atom. The van der Waals surface area contributed by atoms with Crippen molar-refractivity contribution in [1.82, 2.24) is 4.31 Å². The Bertz CT molecular complexity index is 647. The number of nitro groups is 1. The number of nitrogen functional groups attached to an aromatic ring is 1. The van der Waals surface area contributed by atoms with Gasteiger partial charge in [-0.2, -0.15) is 4.31 Å². The standard InChI is InChI=1S/C12H18N4O4S/c1-2-9-5-6-15(8-9)21(19,20)12-7-10(14-13)3-4-11(12)16(17)18/h3-4,7,9,14H,2,5-6,8,13H2,1H3. The highest BCUT2D eigenvalue weighted by molar-refractivity contribution is 7.89. The van der Waals surface area contributed by atoms with Gasteiger partial charge in [-0.1, -0.05) is 13.3 Å². The maximum atomic E-state index is 12.6. The number of hydrogen-bond acceptors (Lipinski definition) is 6. The predicted octanol–water partition coefficient (Wildman–Crippen LogP) is 1.30. The van der Waals surface area contributed by atoms with E-state index in [0.717, 1.165) is 18.9 Å². The molecule has 0 radical (unpaired) electrons. The maximum Gasteiger partial charge on any atom is 0.289 e. The van der Waals surface area contributed by atoms with Gasteiger partial charge in [0, 0.05) is 19.2 Å². The van der Waals surface area contributed by atoms with E-state index in [1.165, 1.54) is 16.4 Å². The van der Waals surface area contributed by atoms with Gasteiger partial charge in [-0.05, 0) is 24.5 Å². The summed E-state index contributed by atoms with van der Waals surface area (Å²) < 4.78 is 26.6. The molecule has 0 bridgehead atoms. The van der Waals surface area contributed by atoms with E-state index in [2.05, 4.69) is 5.43 Å². The molecule has 1 heterocycles. The molecular weight excluding hydrogens is 296 g/mol. The van der Waals surface area contributed by atoms with Crippen molar-refractivity contribution < 1.29 is 13.3 Å². The lowest BCUT2D eigenvalue weighted by Gasteiger charge is -2.17. The summed E-state index contributed by atoms with van der Waals surface area (Å²) in [4.78, 5) is 10.1. The number of nitrogens with two attached hydrogens (primary N) is 1. The minimum absolute atomic E-state index is 0.301. The number of sulfonamides is 1. The molecule has 0 aromatic heterocycles. The molecule has 1 unspecified atom stereocenters. The van der Waals surface area contributed by atoms with Gasteiger partial charge in [0.05, 0.1) is 10.6 Å². The van der Waals surface area contributed by atoms with Gasteiger partial charge in [-0.3, -0.25) is 16.0 Å². The van der Waals surface area contributed by atoms with Crippen molar-refractivity contribution in [1.29, 1.82) is 0 Å². The van der Waals surface area contributed by atoms with Crippen molar-refractivity contribution in [2.24, 2.45) is 11.8 Å². The summed E-state index contributed by atoms with van der Waals surface area (Å²) >= 11 is 0. The molecule has 1 aliphatic heterocycles. The second-order valence-electron chi connectivity index (χ2n) is 5.01. The predicted molar refractivity (Wildman–Crippen MR) is 78.1 cm³/mol. The molecule has 21 heavy (non-hydrogen) atoms. The van der Waals surface area contributed by atoms with Gasteiger partial charge < -0.3 is 5.43 Å². The monoisotopic (exact) mass is 314 g/mol. The highest BCUT2D eigenvalue weighted by Crippen LogP contribution is 2.32. The normalized spacial score (nSPS) is 19.6. The van der Waals surface area contributed by atoms with Crippen LogP contribution in [0.25, 0.3) is 0 Å². The summed E-state index contributed by atoms with van der Waals surface area (Å²) in [7, 11) is -3.89. The van der Waals surface area contributed by atoms with Gasteiger partial charge >= 0.3 is 0 Å². The summed E-state index contributed by atoms with van der Waals surface area (Å²) in [5, 5.41) is 11.1. The van der Waals surface area contributed by atoms with Crippen LogP contribution in [0.2, 0.25) is 0 Å². The number of anilines is 1. The van der Waals surface area contributed by atoms with Crippen LogP contribution < -0.4 is 11.3 Å². The molecule has 1 atom stereocenters. The first-order valence-electron chi connectivity index (χ1n) is 6.65. The van der Waals surface area contributed by atoms with Crippen LogP contribution >= 0.6 is 0 Å². The molecule has 116 valence electrons. The van der Waals surface area contributed by atoms with Crippen molar-refractivity contribution >= 4 is 21.4 Å². The largest absolute Gasteiger partial charge is 0.324 e. The molecule has 9 heteroatoms. The number of hydrazine groups is 1. The number of nitrogens with one attached hydrogen (secondary N) is 1. The van der Waals surface area contributed by atoms with Crippen LogP contribution in [0.3, 0.4) is 0 Å². The Morgan fingerprint density at radius 1 is 1.52 bits per heavy atom. The Balaban J connectivity index is 2.46. The fourth-order valence-electron chi connectivity index (χ4n) is 2.45. The smallest absolute Gasteiger partial charge is 0.289 e. The molecule has 1 fully saturated rings. The van der Waals surface area contributed by atoms with Crippen LogP contribution in [-0.4, -0.2) is 30.7 Å². The third kappa shape index (κ3) is 2.99. The van der Waals surface area contributed by atoms with Gasteiger partial charge in [-0.25, -0.2) is 8.42 Å². The van der Waals surface area contributed by atoms with Crippen molar-refractivity contribution in [3.63, 3.8) is 0 Å². The van der Waals surface area contributed by atoms with Gasteiger partial charge in [0.1, 0.15) is 0 Å². The van der Waals surface area contributed by atoms with E-state index >= 15 is 0 Å². The third-order valence-electron chi connectivity index (χ3n) is 3.77. The van der Waals surface area contributed by atoms with Crippen LogP contribution in [0.5, 0.6) is 0 Å². The van der Waals surface area contributed by atoms with E-state index in [1.807, 2.05) is 6.92 Å². The molecule has 0 spiro atoms. The Labute approximate surface area is 123 Å². The molecule has 1 aromatic rings. The molecule has 8 nitrogen and oxygen atoms in total. The molecule has 1 aliphatic rings. The molecule has 3 N–H and O–H groups in total. The van der Waals surface area contributed by atoms with E-state index in [9.17, 15) is 18.5 Å². The molecule has 0 aliphatic carbocycles. The van der Waals surface area contributed by atoms with Crippen LogP contribution in [0.4, 0.5) is 11.4 Å². The molecule has 2 rings (SSSR count). The fraction of sp³-hybridized carbons (Fsp3) is 0.500. The van der Waals surface area contributed by atoms with Crippen LogP contribution in [0.15, 0.2) is 23.1 Å². The summed E-state index contributed by atoms with van der Waals surface area (Å²) in [5.41, 5.74) is 2.18. The van der Waals surface area contributed by atoms with Gasteiger partial charge in [0.15, 0.2) is 4.90 Å². The highest BCUT2D eigenvalue weighted by Gasteiger charge is 2.36.